The van der Waals surface area contributed by atoms with Crippen LogP contribution in [0, 0.1) is 17.0 Å². The first-order chi connectivity index (χ1) is 17.3. The van der Waals surface area contributed by atoms with Crippen molar-refractivity contribution in [3.63, 3.8) is 0 Å². The molecule has 3 aromatic heterocycles. The van der Waals surface area contributed by atoms with Crippen LogP contribution < -0.4 is 5.32 Å². The van der Waals surface area contributed by atoms with Crippen molar-refractivity contribution in [1.29, 1.82) is 0 Å². The highest BCUT2D eigenvalue weighted by Crippen LogP contribution is 2.50. The van der Waals surface area contributed by atoms with Gasteiger partial charge < -0.3 is 9.84 Å². The summed E-state index contributed by atoms with van der Waals surface area (Å²) in [5.74, 6) is -3.01. The maximum Gasteiger partial charge on any atom is 0.404 e. The molecule has 37 heavy (non-hydrogen) atoms. The lowest BCUT2D eigenvalue weighted by Crippen LogP contribution is -2.52. The monoisotopic (exact) mass is 532 g/mol. The summed E-state index contributed by atoms with van der Waals surface area (Å²) in [4.78, 5) is 7.49. The molecule has 7 nitrogen and oxygen atoms in total. The van der Waals surface area contributed by atoms with E-state index in [1.807, 2.05) is 0 Å². The Morgan fingerprint density at radius 2 is 1.65 bits per heavy atom. The van der Waals surface area contributed by atoms with Crippen molar-refractivity contribution in [2.24, 2.45) is 5.41 Å². The molecule has 0 radical (unpaired) electrons. The number of rotatable bonds is 7. The number of anilines is 1. The molecule has 0 atom stereocenters. The van der Waals surface area contributed by atoms with Crippen molar-refractivity contribution in [3.8, 4) is 22.9 Å². The molecule has 0 aliphatic carbocycles. The van der Waals surface area contributed by atoms with Gasteiger partial charge in [-0.15, -0.1) is 0 Å². The van der Waals surface area contributed by atoms with Crippen LogP contribution in [-0.4, -0.2) is 43.8 Å². The van der Waals surface area contributed by atoms with E-state index in [9.17, 15) is 35.1 Å². The molecular formula is C22H16F8N6O. The number of halogens is 8. The van der Waals surface area contributed by atoms with Crippen molar-refractivity contribution < 1.29 is 39.6 Å². The van der Waals surface area contributed by atoms with Gasteiger partial charge in [-0.05, 0) is 19.1 Å². The van der Waals surface area contributed by atoms with Crippen molar-refractivity contribution >= 4 is 5.82 Å². The van der Waals surface area contributed by atoms with Crippen LogP contribution in [0.3, 0.4) is 0 Å². The van der Waals surface area contributed by atoms with Gasteiger partial charge in [-0.3, -0.25) is 4.68 Å². The van der Waals surface area contributed by atoms with Crippen LogP contribution in [0.25, 0.3) is 22.9 Å². The van der Waals surface area contributed by atoms with Crippen LogP contribution in [0.4, 0.5) is 40.9 Å². The Labute approximate surface area is 203 Å². The Kier molecular flexibility index (Phi) is 6.64. The third kappa shape index (κ3) is 5.11. The summed E-state index contributed by atoms with van der Waals surface area (Å²) in [5, 5.41) is 9.86. The minimum atomic E-state index is -5.68. The second-order valence-corrected chi connectivity index (χ2v) is 8.12. The maximum atomic E-state index is 14.3. The van der Waals surface area contributed by atoms with E-state index in [2.05, 4.69) is 20.2 Å². The predicted molar refractivity (Wildman–Crippen MR) is 113 cm³/mol. The molecule has 0 saturated heterocycles. The number of hydrogen-bond acceptors (Lipinski definition) is 6. The molecule has 1 aromatic carbocycles. The fourth-order valence-corrected chi connectivity index (χ4v) is 3.22. The second-order valence-electron chi connectivity index (χ2n) is 8.12. The molecule has 0 spiro atoms. The lowest BCUT2D eigenvalue weighted by Gasteiger charge is -2.34. The van der Waals surface area contributed by atoms with E-state index in [-0.39, 0.29) is 36.2 Å². The summed E-state index contributed by atoms with van der Waals surface area (Å²) in [5.41, 5.74) is -3.38. The maximum absolute atomic E-state index is 14.3. The van der Waals surface area contributed by atoms with E-state index < -0.39 is 41.8 Å². The Morgan fingerprint density at radius 1 is 0.946 bits per heavy atom. The van der Waals surface area contributed by atoms with Gasteiger partial charge in [0.25, 0.3) is 0 Å². The average Bonchev–Trinajstić information content (AvgIpc) is 3.48. The van der Waals surface area contributed by atoms with Gasteiger partial charge in [0.15, 0.2) is 22.9 Å². The summed E-state index contributed by atoms with van der Waals surface area (Å²) < 4.78 is 114. The predicted octanol–water partition coefficient (Wildman–Crippen LogP) is 5.86. The quantitative estimate of drug-likeness (QED) is 0.300. The van der Waals surface area contributed by atoms with E-state index in [4.69, 9.17) is 4.52 Å². The summed E-state index contributed by atoms with van der Waals surface area (Å²) in [7, 11) is 0. The van der Waals surface area contributed by atoms with Gasteiger partial charge in [-0.2, -0.15) is 31.4 Å². The van der Waals surface area contributed by atoms with E-state index in [0.717, 1.165) is 0 Å². The molecular weight excluding hydrogens is 516 g/mol. The van der Waals surface area contributed by atoms with E-state index in [0.29, 0.717) is 11.9 Å². The Morgan fingerprint density at radius 3 is 2.27 bits per heavy atom. The highest BCUT2D eigenvalue weighted by atomic mass is 19.4. The smallest absolute Gasteiger partial charge is 0.366 e. The van der Waals surface area contributed by atoms with E-state index in [1.165, 1.54) is 41.3 Å². The summed E-state index contributed by atoms with van der Waals surface area (Å²) in [6, 6.07) is 8.71. The number of alkyl halides is 6. The fourth-order valence-electron chi connectivity index (χ4n) is 3.22. The van der Waals surface area contributed by atoms with Crippen molar-refractivity contribution in [1.82, 2.24) is 24.9 Å². The Bertz CT molecular complexity index is 1370. The van der Waals surface area contributed by atoms with Crippen molar-refractivity contribution in [2.75, 3.05) is 11.9 Å². The molecule has 4 rings (SSSR count). The molecule has 15 heteroatoms. The molecule has 4 aromatic rings. The molecule has 3 heterocycles. The van der Waals surface area contributed by atoms with Crippen molar-refractivity contribution in [3.05, 3.63) is 66.1 Å². The normalized spacial score (nSPS) is 12.7. The number of benzene rings is 1. The molecule has 0 bridgehead atoms. The first-order valence-corrected chi connectivity index (χ1v) is 10.4. The van der Waals surface area contributed by atoms with Crippen molar-refractivity contribution in [2.45, 2.75) is 25.8 Å². The molecule has 1 N–H and O–H groups in total. The second kappa shape index (κ2) is 9.44. The lowest BCUT2D eigenvalue weighted by atomic mass is 9.89. The van der Waals surface area contributed by atoms with Crippen LogP contribution in [0.5, 0.6) is 0 Å². The molecule has 196 valence electrons. The standard InChI is InChI=1S/C22H16F8N6O/c1-20(21(25,26)27,22(28,29)30)11-32-18-14(24)9-31-19(33-18)16-8-17(15-6-7-37-35-15)36(34-16)10-12-4-2-3-5-13(12)23/h2-9H,10-11H2,1H3,(H,31,32,33). The Balaban J connectivity index is 1.69. The summed E-state index contributed by atoms with van der Waals surface area (Å²) >= 11 is 0. The number of nitrogens with one attached hydrogen (secondary N) is 1. The third-order valence-electron chi connectivity index (χ3n) is 5.59. The summed E-state index contributed by atoms with van der Waals surface area (Å²) in [6.07, 6.45) is -9.51. The summed E-state index contributed by atoms with van der Waals surface area (Å²) in [6.45, 7) is -1.87. The first-order valence-electron chi connectivity index (χ1n) is 10.4. The highest BCUT2D eigenvalue weighted by molar-refractivity contribution is 5.63. The fraction of sp³-hybridized carbons (Fsp3) is 0.273. The minimum Gasteiger partial charge on any atom is -0.366 e. The topological polar surface area (TPSA) is 81.7 Å². The van der Waals surface area contributed by atoms with Crippen LogP contribution in [0.2, 0.25) is 0 Å². The SMILES string of the molecule is CC(CNc1nc(-c2cc(-c3ccon3)n(Cc3ccccc3F)n2)ncc1F)(C(F)(F)F)C(F)(F)F. The van der Waals surface area contributed by atoms with Gasteiger partial charge in [0.05, 0.1) is 18.4 Å². The van der Waals surface area contributed by atoms with Gasteiger partial charge in [0.1, 0.15) is 23.5 Å². The molecule has 0 amide bonds. The van der Waals surface area contributed by atoms with Gasteiger partial charge in [0, 0.05) is 18.2 Å². The van der Waals surface area contributed by atoms with E-state index in [1.54, 1.807) is 11.4 Å². The first kappa shape index (κ1) is 26.0. The minimum absolute atomic E-state index is 0.0354. The van der Waals surface area contributed by atoms with Gasteiger partial charge in [-0.1, -0.05) is 23.4 Å². The third-order valence-corrected chi connectivity index (χ3v) is 5.59. The number of aromatic nitrogens is 5. The van der Waals surface area contributed by atoms with Gasteiger partial charge in [0.2, 0.25) is 0 Å². The van der Waals surface area contributed by atoms with Crippen LogP contribution in [-0.2, 0) is 6.54 Å². The highest BCUT2D eigenvalue weighted by Gasteiger charge is 2.67. The number of hydrogen-bond donors (Lipinski definition) is 1. The molecule has 0 aliphatic heterocycles. The lowest BCUT2D eigenvalue weighted by molar-refractivity contribution is -0.328. The largest absolute Gasteiger partial charge is 0.404 e. The molecule has 0 saturated carbocycles. The molecule has 0 aliphatic rings. The van der Waals surface area contributed by atoms with Gasteiger partial charge >= 0.3 is 12.4 Å². The van der Waals surface area contributed by atoms with Crippen LogP contribution in [0.15, 0.2) is 53.4 Å². The molecule has 0 unspecified atom stereocenters. The molecule has 0 fully saturated rings. The van der Waals surface area contributed by atoms with Gasteiger partial charge in [-0.25, -0.2) is 18.7 Å². The van der Waals surface area contributed by atoms with Crippen LogP contribution in [0.1, 0.15) is 12.5 Å². The van der Waals surface area contributed by atoms with Crippen LogP contribution >= 0.6 is 0 Å². The zero-order chi connectivity index (χ0) is 27.0. The average molecular weight is 532 g/mol. The van der Waals surface area contributed by atoms with E-state index >= 15 is 0 Å². The zero-order valence-electron chi connectivity index (χ0n) is 18.7. The Hall–Kier alpha value is -4.04. The number of nitrogens with zero attached hydrogens (tertiary/aromatic N) is 5. The zero-order valence-corrected chi connectivity index (χ0v) is 18.7.